The third-order valence-electron chi connectivity index (χ3n) is 4.60. The molecule has 1 amide bonds. The Balaban J connectivity index is 0.00000364. The summed E-state index contributed by atoms with van der Waals surface area (Å²) in [5.74, 6) is 0.270. The van der Waals surface area contributed by atoms with E-state index in [1.807, 2.05) is 7.05 Å². The third kappa shape index (κ3) is 6.43. The molecule has 1 aliphatic rings. The summed E-state index contributed by atoms with van der Waals surface area (Å²) >= 11 is 0. The summed E-state index contributed by atoms with van der Waals surface area (Å²) in [6.07, 6.45) is -0.272. The van der Waals surface area contributed by atoms with Crippen molar-refractivity contribution in [3.8, 4) is 5.75 Å². The van der Waals surface area contributed by atoms with Gasteiger partial charge in [0.1, 0.15) is 12.4 Å². The van der Waals surface area contributed by atoms with Gasteiger partial charge in [0.25, 0.3) is 5.91 Å². The Morgan fingerprint density at radius 3 is 2.59 bits per heavy atom. The van der Waals surface area contributed by atoms with Gasteiger partial charge in [-0.25, -0.2) is 0 Å². The first-order chi connectivity index (χ1) is 12.4. The molecule has 1 aromatic rings. The van der Waals surface area contributed by atoms with Crippen LogP contribution in [0.25, 0.3) is 0 Å². The van der Waals surface area contributed by atoms with Gasteiger partial charge >= 0.3 is 6.18 Å². The number of ether oxygens (including phenoxy) is 1. The third-order valence-corrected chi connectivity index (χ3v) is 4.60. The molecule has 0 spiro atoms. The molecule has 0 aliphatic carbocycles. The van der Waals surface area contributed by atoms with Crippen molar-refractivity contribution in [2.24, 2.45) is 5.92 Å². The predicted molar refractivity (Wildman–Crippen MR) is 102 cm³/mol. The lowest BCUT2D eigenvalue weighted by Crippen LogP contribution is -2.39. The van der Waals surface area contributed by atoms with Crippen LogP contribution in [0.5, 0.6) is 5.75 Å². The van der Waals surface area contributed by atoms with Crippen molar-refractivity contribution in [2.45, 2.75) is 25.4 Å². The molecule has 0 unspecified atom stereocenters. The number of nitrogens with one attached hydrogen (secondary N) is 1. The summed E-state index contributed by atoms with van der Waals surface area (Å²) in [7, 11) is 1.90. The summed E-state index contributed by atoms with van der Waals surface area (Å²) in [5, 5.41) is 3.11. The number of alkyl halides is 3. The molecule has 1 N–H and O–H groups in total. The van der Waals surface area contributed by atoms with Gasteiger partial charge in [0.15, 0.2) is 0 Å². The van der Waals surface area contributed by atoms with Crippen molar-refractivity contribution in [1.82, 2.24) is 10.2 Å². The van der Waals surface area contributed by atoms with E-state index in [4.69, 9.17) is 4.74 Å². The Morgan fingerprint density at radius 2 is 2.04 bits per heavy atom. The van der Waals surface area contributed by atoms with Gasteiger partial charge in [0.2, 0.25) is 0 Å². The topological polar surface area (TPSA) is 41.6 Å². The van der Waals surface area contributed by atoms with Gasteiger partial charge in [-0.05, 0) is 57.0 Å². The summed E-state index contributed by atoms with van der Waals surface area (Å²) < 4.78 is 44.5. The van der Waals surface area contributed by atoms with Crippen LogP contribution in [-0.2, 0) is 6.18 Å². The number of nitrogens with zero attached hydrogens (tertiary/aromatic N) is 1. The van der Waals surface area contributed by atoms with Crippen molar-refractivity contribution in [3.05, 3.63) is 42.0 Å². The summed E-state index contributed by atoms with van der Waals surface area (Å²) in [6.45, 7) is 5.66. The second-order valence-corrected chi connectivity index (χ2v) is 6.44. The molecule has 0 radical (unpaired) electrons. The molecule has 2 rings (SSSR count). The van der Waals surface area contributed by atoms with Crippen molar-refractivity contribution in [3.63, 3.8) is 0 Å². The fourth-order valence-electron chi connectivity index (χ4n) is 3.09. The van der Waals surface area contributed by atoms with E-state index in [1.165, 1.54) is 12.1 Å². The van der Waals surface area contributed by atoms with Crippen LogP contribution in [0.15, 0.2) is 30.9 Å². The lowest BCUT2D eigenvalue weighted by molar-refractivity contribution is -0.137. The van der Waals surface area contributed by atoms with E-state index in [9.17, 15) is 18.0 Å². The average molecular weight is 407 g/mol. The van der Waals surface area contributed by atoms with E-state index < -0.39 is 17.6 Å². The normalized spacial score (nSPS) is 15.2. The second kappa shape index (κ2) is 10.6. The van der Waals surface area contributed by atoms with E-state index in [1.54, 1.807) is 4.90 Å². The van der Waals surface area contributed by atoms with Crippen LogP contribution >= 0.6 is 12.4 Å². The molecular formula is C19H26ClF3N2O2. The van der Waals surface area contributed by atoms with Gasteiger partial charge in [-0.1, -0.05) is 12.7 Å². The Labute approximate surface area is 164 Å². The molecule has 1 heterocycles. The standard InChI is InChI=1S/C19H25F3N2O2.ClH/c1-3-12-26-17-5-4-15(19(20,21)22)13-16(17)18(25)24-10-7-14(8-11-24)6-9-23-2;/h3-5,13-14,23H,1,6-12H2,2H3;1H. The van der Waals surface area contributed by atoms with Gasteiger partial charge in [-0.15, -0.1) is 12.4 Å². The van der Waals surface area contributed by atoms with Gasteiger partial charge < -0.3 is 15.0 Å². The number of carbonyl (C=O) groups excluding carboxylic acids is 1. The highest BCUT2D eigenvalue weighted by Gasteiger charge is 2.33. The van der Waals surface area contributed by atoms with Crippen LogP contribution in [0.2, 0.25) is 0 Å². The number of hydrogen-bond donors (Lipinski definition) is 1. The Hall–Kier alpha value is -1.73. The number of hydrogen-bond acceptors (Lipinski definition) is 3. The lowest BCUT2D eigenvalue weighted by atomic mass is 9.93. The quantitative estimate of drug-likeness (QED) is 0.691. The second-order valence-electron chi connectivity index (χ2n) is 6.44. The molecule has 1 saturated heterocycles. The zero-order chi connectivity index (χ0) is 19.2. The first-order valence-corrected chi connectivity index (χ1v) is 8.75. The van der Waals surface area contributed by atoms with Gasteiger partial charge in [0.05, 0.1) is 11.1 Å². The average Bonchev–Trinajstić information content (AvgIpc) is 2.63. The molecule has 1 aliphatic heterocycles. The summed E-state index contributed by atoms with van der Waals surface area (Å²) in [5.41, 5.74) is -0.897. The molecule has 8 heteroatoms. The zero-order valence-electron chi connectivity index (χ0n) is 15.3. The number of carbonyl (C=O) groups is 1. The molecule has 1 fully saturated rings. The molecule has 0 atom stereocenters. The minimum absolute atomic E-state index is 0. The Kier molecular flexibility index (Phi) is 9.12. The predicted octanol–water partition coefficient (Wildman–Crippen LogP) is 4.15. The van der Waals surface area contributed by atoms with Crippen LogP contribution in [0.4, 0.5) is 13.2 Å². The highest BCUT2D eigenvalue weighted by molar-refractivity contribution is 5.97. The SMILES string of the molecule is C=CCOc1ccc(C(F)(F)F)cc1C(=O)N1CCC(CCNC)CC1.Cl. The number of amides is 1. The molecule has 152 valence electrons. The van der Waals surface area contributed by atoms with Gasteiger partial charge in [-0.2, -0.15) is 13.2 Å². The highest BCUT2D eigenvalue weighted by Crippen LogP contribution is 2.33. The number of benzene rings is 1. The molecular weight excluding hydrogens is 381 g/mol. The molecule has 1 aromatic carbocycles. The lowest BCUT2D eigenvalue weighted by Gasteiger charge is -2.32. The van der Waals surface area contributed by atoms with Crippen molar-refractivity contribution < 1.29 is 22.7 Å². The van der Waals surface area contributed by atoms with Crippen molar-refractivity contribution >= 4 is 18.3 Å². The van der Waals surface area contributed by atoms with Crippen LogP contribution in [0.1, 0.15) is 35.2 Å². The summed E-state index contributed by atoms with van der Waals surface area (Å²) in [4.78, 5) is 14.4. The van der Waals surface area contributed by atoms with E-state index in [2.05, 4.69) is 11.9 Å². The van der Waals surface area contributed by atoms with Crippen LogP contribution in [-0.4, -0.2) is 44.1 Å². The zero-order valence-corrected chi connectivity index (χ0v) is 16.2. The maximum Gasteiger partial charge on any atom is 0.416 e. The molecule has 0 aromatic heterocycles. The Morgan fingerprint density at radius 1 is 1.37 bits per heavy atom. The van der Waals surface area contributed by atoms with Crippen LogP contribution < -0.4 is 10.1 Å². The van der Waals surface area contributed by atoms with Crippen LogP contribution in [0.3, 0.4) is 0 Å². The van der Waals surface area contributed by atoms with E-state index in [-0.39, 0.29) is 30.3 Å². The minimum atomic E-state index is -4.51. The first-order valence-electron chi connectivity index (χ1n) is 8.75. The maximum absolute atomic E-state index is 13.0. The van der Waals surface area contributed by atoms with Gasteiger partial charge in [-0.3, -0.25) is 4.79 Å². The van der Waals surface area contributed by atoms with Crippen molar-refractivity contribution in [1.29, 1.82) is 0 Å². The molecule has 0 saturated carbocycles. The van der Waals surface area contributed by atoms with E-state index in [0.29, 0.717) is 19.0 Å². The fourth-order valence-corrected chi connectivity index (χ4v) is 3.09. The van der Waals surface area contributed by atoms with E-state index >= 15 is 0 Å². The van der Waals surface area contributed by atoms with E-state index in [0.717, 1.165) is 37.9 Å². The van der Waals surface area contributed by atoms with Gasteiger partial charge in [0, 0.05) is 13.1 Å². The van der Waals surface area contributed by atoms with Crippen molar-refractivity contribution in [2.75, 3.05) is 33.3 Å². The molecule has 4 nitrogen and oxygen atoms in total. The minimum Gasteiger partial charge on any atom is -0.489 e. The van der Waals surface area contributed by atoms with Crippen LogP contribution in [0, 0.1) is 5.92 Å². The number of likely N-dealkylation sites (tertiary alicyclic amines) is 1. The maximum atomic E-state index is 13.0. The summed E-state index contributed by atoms with van der Waals surface area (Å²) in [6, 6.07) is 3.02. The number of piperidine rings is 1. The molecule has 27 heavy (non-hydrogen) atoms. The molecule has 0 bridgehead atoms. The number of rotatable bonds is 7. The Bertz CT molecular complexity index is 630. The smallest absolute Gasteiger partial charge is 0.416 e. The fraction of sp³-hybridized carbons (Fsp3) is 0.526. The first kappa shape index (κ1) is 23.3. The monoisotopic (exact) mass is 406 g/mol. The largest absolute Gasteiger partial charge is 0.489 e. The highest BCUT2D eigenvalue weighted by atomic mass is 35.5. The number of halogens is 4.